The van der Waals surface area contributed by atoms with Crippen molar-refractivity contribution in [3.8, 4) is 0 Å². The minimum atomic E-state index is 0.0387. The Kier molecular flexibility index (Phi) is 3.62. The molecule has 1 aliphatic heterocycles. The van der Waals surface area contributed by atoms with E-state index in [2.05, 4.69) is 5.32 Å². The van der Waals surface area contributed by atoms with Crippen molar-refractivity contribution >= 4 is 23.0 Å². The van der Waals surface area contributed by atoms with Gasteiger partial charge in [0, 0.05) is 6.61 Å². The van der Waals surface area contributed by atoms with Gasteiger partial charge in [0.2, 0.25) is 0 Å². The molecule has 0 aromatic rings. The van der Waals surface area contributed by atoms with Crippen molar-refractivity contribution in [2.24, 2.45) is 0 Å². The molecule has 0 radical (unpaired) electrons. The van der Waals surface area contributed by atoms with Crippen LogP contribution in [-0.4, -0.2) is 23.6 Å². The number of Topliss-reactive ketones (excluding diaryl/α,β-unsaturated/α-hetero) is 1. The molecule has 1 N–H and O–H groups in total. The molecular weight excluding hydrogens is 174 g/mol. The molecule has 0 aliphatic carbocycles. The lowest BCUT2D eigenvalue weighted by Gasteiger charge is -2.12. The predicted molar refractivity (Wildman–Crippen MR) is 50.0 cm³/mol. The molecule has 1 fully saturated rings. The van der Waals surface area contributed by atoms with E-state index in [0.29, 0.717) is 11.4 Å². The van der Waals surface area contributed by atoms with Gasteiger partial charge in [0.15, 0.2) is 0 Å². The van der Waals surface area contributed by atoms with E-state index in [0.717, 1.165) is 19.4 Å². The summed E-state index contributed by atoms with van der Waals surface area (Å²) in [4.78, 5) is 11.3. The molecule has 4 heteroatoms. The Morgan fingerprint density at radius 3 is 3.00 bits per heavy atom. The number of hydrogen-bond acceptors (Lipinski definition) is 3. The minimum absolute atomic E-state index is 0.0387. The summed E-state index contributed by atoms with van der Waals surface area (Å²) in [6.07, 6.45) is 2.42. The highest BCUT2D eigenvalue weighted by molar-refractivity contribution is 7.80. The van der Waals surface area contributed by atoms with Gasteiger partial charge in [-0.1, -0.05) is 12.2 Å². The van der Waals surface area contributed by atoms with E-state index in [-0.39, 0.29) is 12.0 Å². The second-order valence-corrected chi connectivity index (χ2v) is 3.44. The number of rotatable bonds is 3. The van der Waals surface area contributed by atoms with Crippen molar-refractivity contribution < 1.29 is 9.53 Å². The van der Waals surface area contributed by atoms with Gasteiger partial charge in [-0.15, -0.1) is 0 Å². The third kappa shape index (κ3) is 3.28. The van der Waals surface area contributed by atoms with Crippen LogP contribution in [0.4, 0.5) is 0 Å². The predicted octanol–water partition coefficient (Wildman–Crippen LogP) is 1.02. The first kappa shape index (κ1) is 9.61. The Morgan fingerprint density at radius 2 is 2.50 bits per heavy atom. The summed E-state index contributed by atoms with van der Waals surface area (Å²) in [6.45, 7) is 2.32. The van der Waals surface area contributed by atoms with Gasteiger partial charge in [-0.05, 0) is 19.8 Å². The number of ketones is 1. The molecule has 3 nitrogen and oxygen atoms in total. The molecule has 1 unspecified atom stereocenters. The standard InChI is InChI=1S/C8H13NO2S/c1-6(10)5-8(12)9-7-3-2-4-11-7/h7H,2-5H2,1H3,(H,9,12). The number of ether oxygens (including phenoxy) is 1. The smallest absolute Gasteiger partial charge is 0.136 e. The molecule has 1 heterocycles. The van der Waals surface area contributed by atoms with Gasteiger partial charge in [-0.3, -0.25) is 4.79 Å². The van der Waals surface area contributed by atoms with Crippen molar-refractivity contribution in [2.75, 3.05) is 6.61 Å². The summed E-state index contributed by atoms with van der Waals surface area (Å²) in [5.74, 6) is 0.0884. The Morgan fingerprint density at radius 1 is 1.75 bits per heavy atom. The number of carbonyl (C=O) groups excluding carboxylic acids is 1. The molecule has 1 saturated heterocycles. The lowest BCUT2D eigenvalue weighted by molar-refractivity contribution is -0.115. The van der Waals surface area contributed by atoms with Crippen LogP contribution in [0.1, 0.15) is 26.2 Å². The van der Waals surface area contributed by atoms with Crippen molar-refractivity contribution in [3.63, 3.8) is 0 Å². The van der Waals surface area contributed by atoms with Crippen molar-refractivity contribution in [1.29, 1.82) is 0 Å². The maximum absolute atomic E-state index is 10.7. The third-order valence-corrected chi connectivity index (χ3v) is 1.92. The lowest BCUT2D eigenvalue weighted by atomic mass is 10.3. The largest absolute Gasteiger partial charge is 0.359 e. The fraction of sp³-hybridized carbons (Fsp3) is 0.750. The maximum atomic E-state index is 10.7. The van der Waals surface area contributed by atoms with E-state index in [1.54, 1.807) is 0 Å². The molecule has 0 aromatic carbocycles. The van der Waals surface area contributed by atoms with Crippen LogP contribution in [0, 0.1) is 0 Å². The fourth-order valence-electron chi connectivity index (χ4n) is 1.15. The van der Waals surface area contributed by atoms with Gasteiger partial charge >= 0.3 is 0 Å². The van der Waals surface area contributed by atoms with Crippen LogP contribution in [0.25, 0.3) is 0 Å². The highest BCUT2D eigenvalue weighted by Gasteiger charge is 2.15. The van der Waals surface area contributed by atoms with Crippen LogP contribution in [0.2, 0.25) is 0 Å². The van der Waals surface area contributed by atoms with Crippen molar-refractivity contribution in [3.05, 3.63) is 0 Å². The third-order valence-electron chi connectivity index (χ3n) is 1.66. The van der Waals surface area contributed by atoms with E-state index >= 15 is 0 Å². The fourth-order valence-corrected chi connectivity index (χ4v) is 1.48. The second kappa shape index (κ2) is 4.52. The van der Waals surface area contributed by atoms with Crippen molar-refractivity contribution in [1.82, 2.24) is 5.32 Å². The Bertz CT molecular complexity index is 187. The molecule has 12 heavy (non-hydrogen) atoms. The number of hydrogen-bond donors (Lipinski definition) is 1. The highest BCUT2D eigenvalue weighted by atomic mass is 32.1. The number of nitrogens with one attached hydrogen (secondary N) is 1. The molecule has 0 spiro atoms. The molecule has 1 rings (SSSR count). The van der Waals surface area contributed by atoms with Crippen molar-refractivity contribution in [2.45, 2.75) is 32.4 Å². The first-order valence-electron chi connectivity index (χ1n) is 4.09. The number of thiocarbonyl (C=S) groups is 1. The van der Waals surface area contributed by atoms with E-state index in [1.807, 2.05) is 0 Å². The quantitative estimate of drug-likeness (QED) is 0.669. The molecule has 1 aliphatic rings. The summed E-state index contributed by atoms with van der Waals surface area (Å²) in [5, 5.41) is 3.00. The van der Waals surface area contributed by atoms with Gasteiger partial charge in [-0.25, -0.2) is 0 Å². The normalized spacial score (nSPS) is 22.2. The Balaban J connectivity index is 2.20. The SMILES string of the molecule is CC(=O)CC(=S)NC1CCCO1. The van der Waals surface area contributed by atoms with Gasteiger partial charge in [0.25, 0.3) is 0 Å². The highest BCUT2D eigenvalue weighted by Crippen LogP contribution is 2.09. The summed E-state index contributed by atoms with van der Waals surface area (Å²) >= 11 is 4.95. The van der Waals surface area contributed by atoms with Gasteiger partial charge in [-0.2, -0.15) is 0 Å². The summed E-state index contributed by atoms with van der Waals surface area (Å²) in [6, 6.07) is 0. The van der Waals surface area contributed by atoms with E-state index in [1.165, 1.54) is 6.92 Å². The zero-order chi connectivity index (χ0) is 8.97. The Labute approximate surface area is 77.5 Å². The molecular formula is C8H13NO2S. The van der Waals surface area contributed by atoms with Crippen LogP contribution in [-0.2, 0) is 9.53 Å². The van der Waals surface area contributed by atoms with Crippen LogP contribution in [0.3, 0.4) is 0 Å². The van der Waals surface area contributed by atoms with Crippen LogP contribution < -0.4 is 5.32 Å². The molecule has 0 saturated carbocycles. The Hall–Kier alpha value is -0.480. The zero-order valence-electron chi connectivity index (χ0n) is 7.13. The average molecular weight is 187 g/mol. The topological polar surface area (TPSA) is 38.3 Å². The van der Waals surface area contributed by atoms with Gasteiger partial charge < -0.3 is 10.1 Å². The molecule has 0 aromatic heterocycles. The molecule has 0 bridgehead atoms. The van der Waals surface area contributed by atoms with E-state index in [9.17, 15) is 4.79 Å². The van der Waals surface area contributed by atoms with Gasteiger partial charge in [0.1, 0.15) is 12.0 Å². The summed E-state index contributed by atoms with van der Waals surface area (Å²) < 4.78 is 5.30. The number of carbonyl (C=O) groups is 1. The van der Waals surface area contributed by atoms with Crippen LogP contribution >= 0.6 is 12.2 Å². The first-order valence-corrected chi connectivity index (χ1v) is 4.49. The minimum Gasteiger partial charge on any atom is -0.359 e. The van der Waals surface area contributed by atoms with E-state index < -0.39 is 0 Å². The van der Waals surface area contributed by atoms with Crippen LogP contribution in [0.5, 0.6) is 0 Å². The second-order valence-electron chi connectivity index (χ2n) is 2.95. The summed E-state index contributed by atoms with van der Waals surface area (Å²) in [7, 11) is 0. The molecule has 68 valence electrons. The van der Waals surface area contributed by atoms with Crippen LogP contribution in [0.15, 0.2) is 0 Å². The lowest BCUT2D eigenvalue weighted by Crippen LogP contribution is -2.33. The zero-order valence-corrected chi connectivity index (χ0v) is 7.95. The average Bonchev–Trinajstić information content (AvgIpc) is 2.37. The first-order chi connectivity index (χ1) is 5.68. The van der Waals surface area contributed by atoms with Gasteiger partial charge in [0.05, 0.1) is 11.4 Å². The summed E-state index contributed by atoms with van der Waals surface area (Å²) in [5.41, 5.74) is 0. The molecule has 1 atom stereocenters. The maximum Gasteiger partial charge on any atom is 0.136 e. The monoisotopic (exact) mass is 187 g/mol. The molecule has 0 amide bonds. The van der Waals surface area contributed by atoms with E-state index in [4.69, 9.17) is 17.0 Å².